The summed E-state index contributed by atoms with van der Waals surface area (Å²) >= 11 is 0. The van der Waals surface area contributed by atoms with Gasteiger partial charge in [-0.3, -0.25) is 4.79 Å². The van der Waals surface area contributed by atoms with Gasteiger partial charge in [-0.05, 0) is 38.0 Å². The Bertz CT molecular complexity index is 286. The van der Waals surface area contributed by atoms with E-state index in [1.54, 1.807) is 0 Å². The first-order valence-electron chi connectivity index (χ1n) is 6.52. The number of rotatable bonds is 3. The molecule has 0 bridgehead atoms. The van der Waals surface area contributed by atoms with Gasteiger partial charge in [-0.25, -0.2) is 0 Å². The number of amides is 1. The van der Waals surface area contributed by atoms with Gasteiger partial charge in [0.25, 0.3) is 0 Å². The monoisotopic (exact) mass is 224 g/mol. The molecule has 3 heteroatoms. The fourth-order valence-corrected chi connectivity index (χ4v) is 3.11. The van der Waals surface area contributed by atoms with Crippen LogP contribution in [0.1, 0.15) is 46.5 Å². The Kier molecular flexibility index (Phi) is 2.99. The number of hydrogen-bond donors (Lipinski definition) is 1. The highest BCUT2D eigenvalue weighted by molar-refractivity contribution is 5.77. The molecule has 1 aliphatic heterocycles. The molecule has 2 aliphatic rings. The summed E-state index contributed by atoms with van der Waals surface area (Å²) in [6.07, 6.45) is 4.02. The minimum absolute atomic E-state index is 0.0351. The van der Waals surface area contributed by atoms with E-state index in [9.17, 15) is 4.79 Å². The van der Waals surface area contributed by atoms with E-state index in [0.717, 1.165) is 32.2 Å². The largest absolute Gasteiger partial charge is 0.339 e. The van der Waals surface area contributed by atoms with Gasteiger partial charge in [0.1, 0.15) is 0 Å². The molecule has 3 atom stereocenters. The second-order valence-corrected chi connectivity index (χ2v) is 6.10. The Morgan fingerprint density at radius 2 is 2.06 bits per heavy atom. The molecule has 0 radical (unpaired) electrons. The number of piperidine rings is 1. The molecule has 0 aromatic carbocycles. The van der Waals surface area contributed by atoms with Crippen molar-refractivity contribution >= 4 is 5.91 Å². The molecule has 1 saturated heterocycles. The lowest BCUT2D eigenvalue weighted by molar-refractivity contribution is -0.137. The van der Waals surface area contributed by atoms with Crippen molar-refractivity contribution in [3.63, 3.8) is 0 Å². The van der Waals surface area contributed by atoms with Gasteiger partial charge in [0.05, 0.1) is 0 Å². The predicted molar refractivity (Wildman–Crippen MR) is 64.9 cm³/mol. The summed E-state index contributed by atoms with van der Waals surface area (Å²) in [6.45, 7) is 7.47. The normalized spacial score (nSPS) is 36.7. The van der Waals surface area contributed by atoms with Crippen LogP contribution in [-0.2, 0) is 4.79 Å². The zero-order valence-electron chi connectivity index (χ0n) is 10.7. The number of nitrogens with two attached hydrogens (primary N) is 1. The Balaban J connectivity index is 2.10. The maximum absolute atomic E-state index is 12.0. The van der Waals surface area contributed by atoms with Gasteiger partial charge < -0.3 is 10.6 Å². The van der Waals surface area contributed by atoms with Crippen LogP contribution in [-0.4, -0.2) is 28.9 Å². The number of nitrogens with zero attached hydrogens (tertiary/aromatic N) is 1. The molecule has 0 spiro atoms. The van der Waals surface area contributed by atoms with Gasteiger partial charge in [-0.1, -0.05) is 13.8 Å². The van der Waals surface area contributed by atoms with E-state index in [2.05, 4.69) is 25.7 Å². The van der Waals surface area contributed by atoms with Crippen molar-refractivity contribution in [3.8, 4) is 0 Å². The van der Waals surface area contributed by atoms with Crippen molar-refractivity contribution in [1.82, 2.24) is 4.90 Å². The SMILES string of the molecule is CC(C)C(C1CC1(C)N)N1CCCCC1=O. The van der Waals surface area contributed by atoms with Gasteiger partial charge in [-0.15, -0.1) is 0 Å². The smallest absolute Gasteiger partial charge is 0.222 e. The first kappa shape index (κ1) is 11.9. The van der Waals surface area contributed by atoms with Crippen LogP contribution in [0.2, 0.25) is 0 Å². The second kappa shape index (κ2) is 4.02. The standard InChI is InChI=1S/C13H24N2O/c1-9(2)12(10-8-13(10,3)14)15-7-5-4-6-11(15)16/h9-10,12H,4-8,14H2,1-3H3. The van der Waals surface area contributed by atoms with Crippen LogP contribution in [0.15, 0.2) is 0 Å². The first-order chi connectivity index (χ1) is 7.43. The molecule has 2 fully saturated rings. The van der Waals surface area contributed by atoms with Crippen LogP contribution in [0.4, 0.5) is 0 Å². The van der Waals surface area contributed by atoms with E-state index in [1.165, 1.54) is 0 Å². The van der Waals surface area contributed by atoms with Crippen molar-refractivity contribution in [2.45, 2.75) is 58.0 Å². The van der Waals surface area contributed by atoms with Gasteiger partial charge in [0.2, 0.25) is 5.91 Å². The zero-order valence-corrected chi connectivity index (χ0v) is 10.7. The van der Waals surface area contributed by atoms with Crippen molar-refractivity contribution < 1.29 is 4.79 Å². The van der Waals surface area contributed by atoms with Crippen LogP contribution in [0.5, 0.6) is 0 Å². The Hall–Kier alpha value is -0.570. The van der Waals surface area contributed by atoms with E-state index < -0.39 is 0 Å². The topological polar surface area (TPSA) is 46.3 Å². The molecule has 92 valence electrons. The summed E-state index contributed by atoms with van der Waals surface area (Å²) in [7, 11) is 0. The summed E-state index contributed by atoms with van der Waals surface area (Å²) < 4.78 is 0. The van der Waals surface area contributed by atoms with Crippen molar-refractivity contribution in [2.75, 3.05) is 6.54 Å². The molecule has 16 heavy (non-hydrogen) atoms. The maximum Gasteiger partial charge on any atom is 0.222 e. The van der Waals surface area contributed by atoms with Gasteiger partial charge in [-0.2, -0.15) is 0 Å². The zero-order chi connectivity index (χ0) is 11.9. The van der Waals surface area contributed by atoms with Gasteiger partial charge in [0.15, 0.2) is 0 Å². The van der Waals surface area contributed by atoms with E-state index in [1.807, 2.05) is 0 Å². The maximum atomic E-state index is 12.0. The van der Waals surface area contributed by atoms with Gasteiger partial charge in [0, 0.05) is 24.5 Å². The first-order valence-corrected chi connectivity index (χ1v) is 6.52. The molecule has 3 nitrogen and oxygen atoms in total. The second-order valence-electron chi connectivity index (χ2n) is 6.10. The molecule has 1 amide bonds. The van der Waals surface area contributed by atoms with E-state index in [4.69, 9.17) is 5.73 Å². The van der Waals surface area contributed by atoms with Crippen molar-refractivity contribution in [1.29, 1.82) is 0 Å². The lowest BCUT2D eigenvalue weighted by Crippen LogP contribution is -2.49. The third kappa shape index (κ3) is 2.10. The summed E-state index contributed by atoms with van der Waals surface area (Å²) in [5, 5.41) is 0. The Labute approximate surface area is 98.4 Å². The molecule has 1 saturated carbocycles. The average Bonchev–Trinajstić information content (AvgIpc) is 2.78. The van der Waals surface area contributed by atoms with Crippen LogP contribution in [0.25, 0.3) is 0 Å². The quantitative estimate of drug-likeness (QED) is 0.794. The fraction of sp³-hybridized carbons (Fsp3) is 0.923. The molecule has 1 aliphatic carbocycles. The van der Waals surface area contributed by atoms with Crippen LogP contribution in [0, 0.1) is 11.8 Å². The summed E-state index contributed by atoms with van der Waals surface area (Å²) in [5.74, 6) is 1.36. The summed E-state index contributed by atoms with van der Waals surface area (Å²) in [4.78, 5) is 14.1. The molecule has 2 rings (SSSR count). The van der Waals surface area contributed by atoms with Crippen LogP contribution < -0.4 is 5.73 Å². The van der Waals surface area contributed by atoms with E-state index >= 15 is 0 Å². The number of likely N-dealkylation sites (tertiary alicyclic amines) is 1. The molecule has 2 N–H and O–H groups in total. The highest BCUT2D eigenvalue weighted by atomic mass is 16.2. The molecular formula is C13H24N2O. The Morgan fingerprint density at radius 3 is 2.50 bits per heavy atom. The molecule has 1 heterocycles. The Morgan fingerprint density at radius 1 is 1.44 bits per heavy atom. The lowest BCUT2D eigenvalue weighted by Gasteiger charge is -2.38. The number of carbonyl (C=O) groups excluding carboxylic acids is 1. The molecule has 0 aromatic rings. The van der Waals surface area contributed by atoms with Crippen molar-refractivity contribution in [3.05, 3.63) is 0 Å². The average molecular weight is 224 g/mol. The fourth-order valence-electron chi connectivity index (χ4n) is 3.11. The van der Waals surface area contributed by atoms with Crippen LogP contribution >= 0.6 is 0 Å². The molecular weight excluding hydrogens is 200 g/mol. The van der Waals surface area contributed by atoms with Crippen molar-refractivity contribution in [2.24, 2.45) is 17.6 Å². The highest BCUT2D eigenvalue weighted by Gasteiger charge is 2.54. The third-order valence-corrected chi connectivity index (χ3v) is 4.16. The summed E-state index contributed by atoms with van der Waals surface area (Å²) in [6, 6.07) is 0.364. The number of carbonyl (C=O) groups is 1. The lowest BCUT2D eigenvalue weighted by atomic mass is 9.93. The third-order valence-electron chi connectivity index (χ3n) is 4.16. The van der Waals surface area contributed by atoms with Gasteiger partial charge >= 0.3 is 0 Å². The predicted octanol–water partition coefficient (Wildman–Crippen LogP) is 1.76. The molecule has 3 unspecified atom stereocenters. The van der Waals surface area contributed by atoms with E-state index in [-0.39, 0.29) is 5.54 Å². The van der Waals surface area contributed by atoms with Crippen LogP contribution in [0.3, 0.4) is 0 Å². The summed E-state index contributed by atoms with van der Waals surface area (Å²) in [5.41, 5.74) is 6.13. The highest BCUT2D eigenvalue weighted by Crippen LogP contribution is 2.47. The molecule has 0 aromatic heterocycles. The minimum Gasteiger partial charge on any atom is -0.339 e. The number of hydrogen-bond acceptors (Lipinski definition) is 2. The minimum atomic E-state index is -0.0351. The van der Waals surface area contributed by atoms with E-state index in [0.29, 0.717) is 23.8 Å².